The van der Waals surface area contributed by atoms with Gasteiger partial charge in [0.25, 0.3) is 0 Å². The number of fused-ring (bicyclic) bond motifs is 2. The van der Waals surface area contributed by atoms with Gasteiger partial charge in [-0.05, 0) is 26.8 Å². The molecule has 27 heavy (non-hydrogen) atoms. The maximum Gasteiger partial charge on any atom is 0.194 e. The first-order chi connectivity index (χ1) is 12.8. The summed E-state index contributed by atoms with van der Waals surface area (Å²) in [6.07, 6.45) is 0. The fourth-order valence-corrected chi connectivity index (χ4v) is 3.77. The van der Waals surface area contributed by atoms with Crippen molar-refractivity contribution in [2.24, 2.45) is 0 Å². The lowest BCUT2D eigenvalue weighted by molar-refractivity contribution is 0.0953. The molecule has 4 nitrogen and oxygen atoms in total. The number of carbonyl (C=O) groups is 4. The average molecular weight is 356 g/mol. The van der Waals surface area contributed by atoms with E-state index in [0.29, 0.717) is 11.1 Å². The molecule has 0 heterocycles. The van der Waals surface area contributed by atoms with Crippen LogP contribution in [0.1, 0.15) is 60.8 Å². The molecule has 4 rings (SSSR count). The third kappa shape index (κ3) is 2.30. The summed E-state index contributed by atoms with van der Waals surface area (Å²) in [6, 6.07) is 11.6. The number of carbonyl (C=O) groups excluding carboxylic acids is 4. The molecule has 2 aliphatic rings. The van der Waals surface area contributed by atoms with E-state index < -0.39 is 5.78 Å². The van der Waals surface area contributed by atoms with Gasteiger partial charge in [0.05, 0.1) is 0 Å². The molecule has 0 N–H and O–H groups in total. The monoisotopic (exact) mass is 356 g/mol. The number of hydrogen-bond donors (Lipinski definition) is 0. The van der Waals surface area contributed by atoms with E-state index in [2.05, 4.69) is 0 Å². The lowest BCUT2D eigenvalue weighted by Crippen LogP contribution is -2.29. The van der Waals surface area contributed by atoms with Gasteiger partial charge in [-0.3, -0.25) is 19.2 Å². The molecule has 0 aromatic heterocycles. The van der Waals surface area contributed by atoms with E-state index in [4.69, 9.17) is 0 Å². The number of hydrogen-bond acceptors (Lipinski definition) is 4. The van der Waals surface area contributed by atoms with Crippen molar-refractivity contribution >= 4 is 23.1 Å². The van der Waals surface area contributed by atoms with Crippen molar-refractivity contribution in [2.75, 3.05) is 0 Å². The molecule has 0 unspecified atom stereocenters. The molecular weight excluding hydrogens is 340 g/mol. The molecule has 0 saturated carbocycles. The van der Waals surface area contributed by atoms with E-state index in [1.807, 2.05) is 6.92 Å². The molecule has 0 spiro atoms. The van der Waals surface area contributed by atoms with Crippen LogP contribution in [0.3, 0.4) is 0 Å². The number of Topliss-reactive ketones (excluding diaryl/α,β-unsaturated/α-hetero) is 4. The number of rotatable bonds is 1. The summed E-state index contributed by atoms with van der Waals surface area (Å²) >= 11 is 0. The van der Waals surface area contributed by atoms with Crippen LogP contribution in [0.15, 0.2) is 64.8 Å². The van der Waals surface area contributed by atoms with Crippen LogP contribution in [0.2, 0.25) is 0 Å². The van der Waals surface area contributed by atoms with Crippen molar-refractivity contribution in [3.8, 4) is 0 Å². The molecule has 0 bridgehead atoms. The number of allylic oxidation sites excluding steroid dienone is 4. The Morgan fingerprint density at radius 2 is 0.963 bits per heavy atom. The molecule has 0 atom stereocenters. The van der Waals surface area contributed by atoms with Crippen molar-refractivity contribution in [1.29, 1.82) is 0 Å². The molecule has 0 saturated heterocycles. The van der Waals surface area contributed by atoms with Crippen LogP contribution < -0.4 is 0 Å². The van der Waals surface area contributed by atoms with Crippen LogP contribution >= 0.6 is 0 Å². The van der Waals surface area contributed by atoms with Crippen LogP contribution in [0, 0.1) is 6.92 Å². The minimum atomic E-state index is -0.394. The lowest BCUT2D eigenvalue weighted by atomic mass is 9.74. The second-order valence-electron chi connectivity index (χ2n) is 6.91. The fraction of sp³-hybridized carbons (Fsp3) is 0.130. The molecule has 0 radical (unpaired) electrons. The summed E-state index contributed by atoms with van der Waals surface area (Å²) in [5, 5.41) is 0. The first-order valence-electron chi connectivity index (χ1n) is 8.63. The molecule has 132 valence electrons. The van der Waals surface area contributed by atoms with Gasteiger partial charge in [0, 0.05) is 44.5 Å². The van der Waals surface area contributed by atoms with Crippen LogP contribution in [0.4, 0.5) is 0 Å². The second kappa shape index (κ2) is 5.81. The van der Waals surface area contributed by atoms with E-state index in [0.717, 1.165) is 5.56 Å². The van der Waals surface area contributed by atoms with Crippen molar-refractivity contribution in [1.82, 2.24) is 0 Å². The molecule has 4 heteroatoms. The summed E-state index contributed by atoms with van der Waals surface area (Å²) in [7, 11) is 0. The molecule has 0 amide bonds. The van der Waals surface area contributed by atoms with Gasteiger partial charge in [0.1, 0.15) is 0 Å². The van der Waals surface area contributed by atoms with E-state index in [1.54, 1.807) is 42.5 Å². The highest BCUT2D eigenvalue weighted by Gasteiger charge is 2.39. The zero-order valence-electron chi connectivity index (χ0n) is 15.2. The van der Waals surface area contributed by atoms with E-state index in [-0.39, 0.29) is 50.8 Å². The smallest absolute Gasteiger partial charge is 0.194 e. The van der Waals surface area contributed by atoms with Gasteiger partial charge in [-0.25, -0.2) is 0 Å². The standard InChI is InChI=1S/C23H16O4/c1-11-8-9-16-17(10-11)23(27)19(13(3)21(16)25)18-12(2)20(24)14-6-4-5-7-15(14)22(18)26/h4-10H,1-3H3. The first kappa shape index (κ1) is 17.0. The topological polar surface area (TPSA) is 68.3 Å². The van der Waals surface area contributed by atoms with Crippen LogP contribution in [-0.4, -0.2) is 23.1 Å². The number of aryl methyl sites for hydroxylation is 1. The molecule has 2 aliphatic carbocycles. The molecule has 0 aliphatic heterocycles. The van der Waals surface area contributed by atoms with Gasteiger partial charge in [0.15, 0.2) is 23.1 Å². The van der Waals surface area contributed by atoms with Gasteiger partial charge in [-0.1, -0.05) is 42.0 Å². The highest BCUT2D eigenvalue weighted by atomic mass is 16.1. The summed E-state index contributed by atoms with van der Waals surface area (Å²) in [6.45, 7) is 4.91. The summed E-state index contributed by atoms with van der Waals surface area (Å²) in [5.74, 6) is -1.37. The Balaban J connectivity index is 1.98. The van der Waals surface area contributed by atoms with Crippen LogP contribution in [-0.2, 0) is 0 Å². The SMILES string of the molecule is CC1=C(C2=C(C)C(=O)c3ccc(C)cc3C2=O)C(=O)c2ccccc2C1=O. The maximum absolute atomic E-state index is 13.2. The minimum absolute atomic E-state index is 0.0432. The normalized spacial score (nSPS) is 16.7. The molecule has 2 aromatic carbocycles. The summed E-state index contributed by atoms with van der Waals surface area (Å²) < 4.78 is 0. The number of ketones is 4. The van der Waals surface area contributed by atoms with E-state index in [1.165, 1.54) is 13.8 Å². The Bertz CT molecular complexity index is 1160. The number of benzene rings is 2. The Kier molecular flexibility index (Phi) is 3.67. The first-order valence-corrected chi connectivity index (χ1v) is 8.63. The zero-order valence-corrected chi connectivity index (χ0v) is 15.2. The van der Waals surface area contributed by atoms with Crippen LogP contribution in [0.5, 0.6) is 0 Å². The third-order valence-electron chi connectivity index (χ3n) is 5.22. The predicted octanol–water partition coefficient (Wildman–Crippen LogP) is 4.09. The van der Waals surface area contributed by atoms with E-state index in [9.17, 15) is 19.2 Å². The van der Waals surface area contributed by atoms with Crippen molar-refractivity contribution < 1.29 is 19.2 Å². The van der Waals surface area contributed by atoms with Crippen molar-refractivity contribution in [3.63, 3.8) is 0 Å². The average Bonchev–Trinajstić information content (AvgIpc) is 2.67. The van der Waals surface area contributed by atoms with Gasteiger partial charge < -0.3 is 0 Å². The van der Waals surface area contributed by atoms with Gasteiger partial charge >= 0.3 is 0 Å². The molecular formula is C23H16O4. The Hall–Kier alpha value is -3.40. The largest absolute Gasteiger partial charge is 0.289 e. The van der Waals surface area contributed by atoms with Gasteiger partial charge in [-0.2, -0.15) is 0 Å². The Morgan fingerprint density at radius 1 is 0.519 bits per heavy atom. The highest BCUT2D eigenvalue weighted by Crippen LogP contribution is 2.37. The maximum atomic E-state index is 13.2. The van der Waals surface area contributed by atoms with Gasteiger partial charge in [0.2, 0.25) is 0 Å². The van der Waals surface area contributed by atoms with Gasteiger partial charge in [-0.15, -0.1) is 0 Å². The fourth-order valence-electron chi connectivity index (χ4n) is 3.77. The summed E-state index contributed by atoms with van der Waals surface area (Å²) in [5.41, 5.74) is 2.53. The Labute approximate surface area is 156 Å². The molecule has 2 aromatic rings. The zero-order chi connectivity index (χ0) is 19.5. The Morgan fingerprint density at radius 3 is 1.52 bits per heavy atom. The quantitative estimate of drug-likeness (QED) is 0.772. The minimum Gasteiger partial charge on any atom is -0.289 e. The lowest BCUT2D eigenvalue weighted by Gasteiger charge is -2.25. The van der Waals surface area contributed by atoms with Crippen molar-refractivity contribution in [3.05, 3.63) is 92.6 Å². The van der Waals surface area contributed by atoms with E-state index >= 15 is 0 Å². The van der Waals surface area contributed by atoms with Crippen molar-refractivity contribution in [2.45, 2.75) is 20.8 Å². The highest BCUT2D eigenvalue weighted by molar-refractivity contribution is 6.36. The second-order valence-corrected chi connectivity index (χ2v) is 6.91. The van der Waals surface area contributed by atoms with Crippen LogP contribution in [0.25, 0.3) is 0 Å². The molecule has 0 fully saturated rings. The predicted molar refractivity (Wildman–Crippen MR) is 100 cm³/mol. The third-order valence-corrected chi connectivity index (χ3v) is 5.22. The summed E-state index contributed by atoms with van der Waals surface area (Å²) in [4.78, 5) is 52.0.